The Bertz CT molecular complexity index is 361. The molecule has 1 aromatic carbocycles. The van der Waals surface area contributed by atoms with Gasteiger partial charge in [-0.3, -0.25) is 10.0 Å². The van der Waals surface area contributed by atoms with Gasteiger partial charge in [-0.15, -0.1) is 0 Å². The molecule has 0 bridgehead atoms. The highest BCUT2D eigenvalue weighted by Crippen LogP contribution is 2.15. The summed E-state index contributed by atoms with van der Waals surface area (Å²) in [6, 6.07) is 6.11. The van der Waals surface area contributed by atoms with Crippen LogP contribution in [0.3, 0.4) is 0 Å². The van der Waals surface area contributed by atoms with Crippen LogP contribution < -0.4 is 15.5 Å². The zero-order valence-electron chi connectivity index (χ0n) is 7.98. The van der Waals surface area contributed by atoms with Crippen LogP contribution in [0.4, 0.5) is 10.5 Å². The number of nitrogens with one attached hydrogen (secondary N) is 2. The zero-order chi connectivity index (χ0) is 11.3. The molecule has 0 heterocycles. The maximum Gasteiger partial charge on any atom is 0.436 e. The SMILES string of the molecule is CC(=O)Nc1ccc(OC(=O)NO)cc1. The molecule has 0 unspecified atom stereocenters. The Hall–Kier alpha value is -2.08. The van der Waals surface area contributed by atoms with Gasteiger partial charge in [0.25, 0.3) is 0 Å². The summed E-state index contributed by atoms with van der Waals surface area (Å²) in [7, 11) is 0. The molecule has 1 rings (SSSR count). The lowest BCUT2D eigenvalue weighted by molar-refractivity contribution is -0.114. The molecule has 15 heavy (non-hydrogen) atoms. The van der Waals surface area contributed by atoms with Crippen LogP contribution in [-0.2, 0) is 4.79 Å². The van der Waals surface area contributed by atoms with Gasteiger partial charge in [-0.2, -0.15) is 0 Å². The average molecular weight is 210 g/mol. The predicted octanol–water partition coefficient (Wildman–Crippen LogP) is 1.12. The van der Waals surface area contributed by atoms with Crippen LogP contribution >= 0.6 is 0 Å². The molecule has 6 heteroatoms. The summed E-state index contributed by atoms with van der Waals surface area (Å²) in [4.78, 5) is 21.3. The van der Waals surface area contributed by atoms with Crippen LogP contribution in [0.5, 0.6) is 5.75 Å². The molecule has 0 saturated heterocycles. The molecule has 0 fully saturated rings. The molecule has 0 aliphatic rings. The van der Waals surface area contributed by atoms with Gasteiger partial charge in [-0.25, -0.2) is 10.3 Å². The van der Waals surface area contributed by atoms with Crippen molar-refractivity contribution in [3.8, 4) is 5.75 Å². The first-order valence-corrected chi connectivity index (χ1v) is 4.11. The van der Waals surface area contributed by atoms with Crippen molar-refractivity contribution in [1.29, 1.82) is 0 Å². The highest BCUT2D eigenvalue weighted by molar-refractivity contribution is 5.88. The summed E-state index contributed by atoms with van der Waals surface area (Å²) in [5.74, 6) is 0.0763. The summed E-state index contributed by atoms with van der Waals surface area (Å²) >= 11 is 0. The predicted molar refractivity (Wildman–Crippen MR) is 51.7 cm³/mol. The van der Waals surface area contributed by atoms with Crippen molar-refractivity contribution in [3.63, 3.8) is 0 Å². The third-order valence-electron chi connectivity index (χ3n) is 1.48. The van der Waals surface area contributed by atoms with Gasteiger partial charge in [0.1, 0.15) is 5.75 Å². The van der Waals surface area contributed by atoms with Crippen LogP contribution in [0.15, 0.2) is 24.3 Å². The van der Waals surface area contributed by atoms with E-state index in [4.69, 9.17) is 5.21 Å². The number of anilines is 1. The van der Waals surface area contributed by atoms with Gasteiger partial charge in [-0.1, -0.05) is 0 Å². The third kappa shape index (κ3) is 3.65. The highest BCUT2D eigenvalue weighted by atomic mass is 16.6. The van der Waals surface area contributed by atoms with Crippen LogP contribution in [0.2, 0.25) is 0 Å². The lowest BCUT2D eigenvalue weighted by atomic mass is 10.3. The molecule has 2 amide bonds. The maximum absolute atomic E-state index is 10.7. The Balaban J connectivity index is 2.64. The minimum Gasteiger partial charge on any atom is -0.409 e. The van der Waals surface area contributed by atoms with E-state index in [1.807, 2.05) is 0 Å². The van der Waals surface area contributed by atoms with Gasteiger partial charge in [0.05, 0.1) is 0 Å². The van der Waals surface area contributed by atoms with Crippen LogP contribution in [-0.4, -0.2) is 17.2 Å². The number of hydrogen-bond donors (Lipinski definition) is 3. The van der Waals surface area contributed by atoms with Gasteiger partial charge in [-0.05, 0) is 24.3 Å². The van der Waals surface area contributed by atoms with E-state index in [9.17, 15) is 9.59 Å². The Morgan fingerprint density at radius 3 is 2.33 bits per heavy atom. The van der Waals surface area contributed by atoms with Gasteiger partial charge in [0.2, 0.25) is 5.91 Å². The summed E-state index contributed by atoms with van der Waals surface area (Å²) in [6.07, 6.45) is -0.970. The van der Waals surface area contributed by atoms with Gasteiger partial charge >= 0.3 is 6.09 Å². The summed E-state index contributed by atoms with van der Waals surface area (Å²) in [5, 5.41) is 10.7. The van der Waals surface area contributed by atoms with Gasteiger partial charge < -0.3 is 10.1 Å². The second kappa shape index (κ2) is 4.97. The average Bonchev–Trinajstić information content (AvgIpc) is 2.20. The molecule has 0 aromatic heterocycles. The molecule has 0 saturated carbocycles. The molecule has 0 radical (unpaired) electrons. The van der Waals surface area contributed by atoms with Crippen molar-refractivity contribution >= 4 is 17.7 Å². The lowest BCUT2D eigenvalue weighted by Crippen LogP contribution is -2.22. The largest absolute Gasteiger partial charge is 0.436 e. The van der Waals surface area contributed by atoms with E-state index in [1.165, 1.54) is 24.5 Å². The van der Waals surface area contributed by atoms with Crippen LogP contribution in [0.25, 0.3) is 0 Å². The number of carbonyl (C=O) groups excluding carboxylic acids is 2. The molecule has 6 nitrogen and oxygen atoms in total. The van der Waals surface area contributed by atoms with E-state index < -0.39 is 6.09 Å². The van der Waals surface area contributed by atoms with Crippen molar-refractivity contribution in [2.75, 3.05) is 5.32 Å². The molecule has 3 N–H and O–H groups in total. The van der Waals surface area contributed by atoms with Crippen LogP contribution in [0.1, 0.15) is 6.92 Å². The molecule has 80 valence electrons. The number of hydrogen-bond acceptors (Lipinski definition) is 4. The van der Waals surface area contributed by atoms with E-state index in [1.54, 1.807) is 12.1 Å². The zero-order valence-corrected chi connectivity index (χ0v) is 7.98. The molecular formula is C9H10N2O4. The van der Waals surface area contributed by atoms with Crippen molar-refractivity contribution in [3.05, 3.63) is 24.3 Å². The van der Waals surface area contributed by atoms with E-state index in [2.05, 4.69) is 10.1 Å². The molecular weight excluding hydrogens is 200 g/mol. The minimum atomic E-state index is -0.970. The van der Waals surface area contributed by atoms with Crippen LogP contribution in [0, 0.1) is 0 Å². The van der Waals surface area contributed by atoms with Gasteiger partial charge in [0, 0.05) is 12.6 Å². The van der Waals surface area contributed by atoms with E-state index >= 15 is 0 Å². The first-order valence-electron chi connectivity index (χ1n) is 4.11. The topological polar surface area (TPSA) is 87.7 Å². The molecule has 0 aliphatic heterocycles. The minimum absolute atomic E-state index is 0.184. The normalized spacial score (nSPS) is 9.20. The number of benzene rings is 1. The fourth-order valence-corrected chi connectivity index (χ4v) is 0.939. The van der Waals surface area contributed by atoms with E-state index in [0.717, 1.165) is 0 Å². The summed E-state index contributed by atoms with van der Waals surface area (Å²) in [6.45, 7) is 1.39. The molecule has 1 aromatic rings. The molecule has 0 spiro atoms. The smallest absolute Gasteiger partial charge is 0.409 e. The van der Waals surface area contributed by atoms with Crippen molar-refractivity contribution < 1.29 is 19.5 Å². The maximum atomic E-state index is 10.7. The first-order chi connectivity index (χ1) is 7.11. The number of ether oxygens (including phenoxy) is 1. The Morgan fingerprint density at radius 2 is 1.87 bits per heavy atom. The fourth-order valence-electron chi connectivity index (χ4n) is 0.939. The summed E-state index contributed by atoms with van der Waals surface area (Å²) in [5.41, 5.74) is 1.93. The second-order valence-corrected chi connectivity index (χ2v) is 2.71. The fraction of sp³-hybridized carbons (Fsp3) is 0.111. The first kappa shape index (κ1) is 11.0. The molecule has 0 aliphatic carbocycles. The standard InChI is InChI=1S/C9H10N2O4/c1-6(12)10-7-2-4-8(5-3-7)15-9(13)11-14/h2-5,14H,1H3,(H,10,12)(H,11,13). The van der Waals surface area contributed by atoms with Crippen molar-refractivity contribution in [2.45, 2.75) is 6.92 Å². The second-order valence-electron chi connectivity index (χ2n) is 2.71. The third-order valence-corrected chi connectivity index (χ3v) is 1.48. The Morgan fingerprint density at radius 1 is 1.27 bits per heavy atom. The number of amides is 2. The number of carbonyl (C=O) groups is 2. The van der Waals surface area contributed by atoms with E-state index in [-0.39, 0.29) is 11.7 Å². The molecule has 0 atom stereocenters. The Labute approximate surface area is 85.8 Å². The quantitative estimate of drug-likeness (QED) is 0.504. The number of hydroxylamine groups is 1. The highest BCUT2D eigenvalue weighted by Gasteiger charge is 2.02. The Kier molecular flexibility index (Phi) is 3.64. The van der Waals surface area contributed by atoms with Gasteiger partial charge in [0.15, 0.2) is 0 Å². The lowest BCUT2D eigenvalue weighted by Gasteiger charge is -2.04. The van der Waals surface area contributed by atoms with Crippen molar-refractivity contribution in [2.24, 2.45) is 0 Å². The summed E-state index contributed by atoms with van der Waals surface area (Å²) < 4.78 is 4.61. The number of rotatable bonds is 2. The van der Waals surface area contributed by atoms with E-state index in [0.29, 0.717) is 5.69 Å². The van der Waals surface area contributed by atoms with Crippen molar-refractivity contribution in [1.82, 2.24) is 5.48 Å². The monoisotopic (exact) mass is 210 g/mol.